The van der Waals surface area contributed by atoms with E-state index in [1.807, 2.05) is 0 Å². The van der Waals surface area contributed by atoms with Crippen molar-refractivity contribution in [2.24, 2.45) is 5.92 Å². The molecular formula is C17H27F8N3O6S2. The van der Waals surface area contributed by atoms with E-state index in [2.05, 4.69) is 0 Å². The van der Waals surface area contributed by atoms with Gasteiger partial charge in [-0.15, -0.1) is 0 Å². The van der Waals surface area contributed by atoms with Crippen LogP contribution in [0.3, 0.4) is 0 Å². The number of rotatable bonds is 11. The number of Topliss-reactive ketones (excluding diaryl/α,β-unsaturated/α-hetero) is 1. The first-order chi connectivity index (χ1) is 15.9. The van der Waals surface area contributed by atoms with Crippen molar-refractivity contribution in [1.82, 2.24) is 13.9 Å². The van der Waals surface area contributed by atoms with Crippen LogP contribution in [-0.2, 0) is 24.8 Å². The van der Waals surface area contributed by atoms with Crippen molar-refractivity contribution in [1.29, 1.82) is 0 Å². The number of aliphatic hydroxyl groups excluding tert-OH is 1. The predicted octanol–water partition coefficient (Wildman–Crippen LogP) is 1.30. The molecule has 0 bridgehead atoms. The van der Waals surface area contributed by atoms with Crippen molar-refractivity contribution >= 4 is 25.8 Å². The third kappa shape index (κ3) is 5.95. The normalized spacial score (nSPS) is 21.3. The van der Waals surface area contributed by atoms with E-state index in [-0.39, 0.29) is 17.4 Å². The van der Waals surface area contributed by atoms with Crippen LogP contribution in [0.5, 0.6) is 0 Å². The number of aliphatic hydroxyl groups is 1. The molecule has 36 heavy (non-hydrogen) atoms. The number of sulfonamides is 2. The first-order valence-electron chi connectivity index (χ1n) is 10.3. The summed E-state index contributed by atoms with van der Waals surface area (Å²) in [7, 11) is -10.7. The fraction of sp³-hybridized carbons (Fsp3) is 0.941. The summed E-state index contributed by atoms with van der Waals surface area (Å²) in [5.41, 5.74) is -11.1. The van der Waals surface area contributed by atoms with Crippen molar-refractivity contribution in [3.8, 4) is 0 Å². The third-order valence-corrected chi connectivity index (χ3v) is 9.00. The van der Waals surface area contributed by atoms with E-state index in [9.17, 15) is 48.7 Å². The summed E-state index contributed by atoms with van der Waals surface area (Å²) in [5.74, 6) is -10.1. The average molecular weight is 586 g/mol. The van der Waals surface area contributed by atoms with Crippen molar-refractivity contribution in [3.05, 3.63) is 0 Å². The highest BCUT2D eigenvalue weighted by atomic mass is 32.2. The van der Waals surface area contributed by atoms with Gasteiger partial charge in [0, 0.05) is 32.1 Å². The van der Waals surface area contributed by atoms with Gasteiger partial charge in [0.25, 0.3) is 21.6 Å². The van der Waals surface area contributed by atoms with Gasteiger partial charge >= 0.3 is 20.8 Å². The highest BCUT2D eigenvalue weighted by Crippen LogP contribution is 2.53. The molecule has 1 saturated heterocycles. The number of likely N-dealkylation sites (N-methyl/N-ethyl adjacent to an activating group) is 1. The number of piperazine rings is 1. The molecule has 0 aromatic carbocycles. The minimum absolute atomic E-state index is 0.0664. The maximum absolute atomic E-state index is 15.6. The van der Waals surface area contributed by atoms with Crippen LogP contribution in [0.15, 0.2) is 0 Å². The van der Waals surface area contributed by atoms with Gasteiger partial charge in [-0.3, -0.25) is 4.79 Å². The summed E-state index contributed by atoms with van der Waals surface area (Å²) in [6.45, 7) is 0.212. The maximum atomic E-state index is 15.6. The van der Waals surface area contributed by atoms with E-state index in [0.29, 0.717) is 20.8 Å². The summed E-state index contributed by atoms with van der Waals surface area (Å²) >= 11 is 0. The van der Waals surface area contributed by atoms with Gasteiger partial charge in [-0.1, -0.05) is 13.8 Å². The van der Waals surface area contributed by atoms with E-state index in [1.54, 1.807) is 0 Å². The molecule has 1 aliphatic heterocycles. The van der Waals surface area contributed by atoms with Gasteiger partial charge < -0.3 is 10.0 Å². The molecule has 3 atom stereocenters. The summed E-state index contributed by atoms with van der Waals surface area (Å²) in [5, 5.41) is 3.97. The van der Waals surface area contributed by atoms with Crippen LogP contribution in [-0.4, -0.2) is 105 Å². The van der Waals surface area contributed by atoms with Gasteiger partial charge in [0.1, 0.15) is 6.10 Å². The second kappa shape index (κ2) is 10.5. The van der Waals surface area contributed by atoms with E-state index in [4.69, 9.17) is 0 Å². The summed E-state index contributed by atoms with van der Waals surface area (Å²) in [6, 6.07) is -2.39. The lowest BCUT2D eigenvalue weighted by atomic mass is 9.82. The Balaban J connectivity index is 3.30. The maximum Gasteiger partial charge on any atom is 0.511 e. The summed E-state index contributed by atoms with van der Waals surface area (Å²) < 4.78 is 162. The molecule has 0 amide bonds. The quantitative estimate of drug-likeness (QED) is 0.351. The SMILES string of the molecule is CC(NS(=O)(=O)C(F)(F)F)C(O)C(=O)CC(F)(F)C(F)(C(C)C)C(F)(F)S(=O)(=O)N1CCN(C)CC1. The number of nitrogens with zero attached hydrogens (tertiary/aromatic N) is 2. The number of halogens is 8. The molecule has 0 aromatic rings. The van der Waals surface area contributed by atoms with Gasteiger partial charge in [-0.25, -0.2) is 34.7 Å². The molecule has 0 radical (unpaired) electrons. The first kappa shape index (κ1) is 32.9. The fourth-order valence-corrected chi connectivity index (χ4v) is 5.94. The lowest BCUT2D eigenvalue weighted by Gasteiger charge is -2.43. The van der Waals surface area contributed by atoms with Crippen LogP contribution in [0.1, 0.15) is 27.2 Å². The van der Waals surface area contributed by atoms with Crippen molar-refractivity contribution in [3.63, 3.8) is 0 Å². The number of hydrogen-bond donors (Lipinski definition) is 2. The zero-order valence-corrected chi connectivity index (χ0v) is 21.1. The van der Waals surface area contributed by atoms with E-state index in [1.165, 1.54) is 11.9 Å². The topological polar surface area (TPSA) is 124 Å². The third-order valence-electron chi connectivity index (χ3n) is 5.72. The highest BCUT2D eigenvalue weighted by molar-refractivity contribution is 7.90. The number of alkyl halides is 8. The molecule has 9 nitrogen and oxygen atoms in total. The Hall–Kier alpha value is -1.15. The van der Waals surface area contributed by atoms with Crippen LogP contribution >= 0.6 is 0 Å². The van der Waals surface area contributed by atoms with Crippen LogP contribution in [0.2, 0.25) is 0 Å². The molecule has 1 aliphatic rings. The second-order valence-electron chi connectivity index (χ2n) is 8.74. The summed E-state index contributed by atoms with van der Waals surface area (Å²) in [4.78, 5) is 13.6. The van der Waals surface area contributed by atoms with Crippen molar-refractivity contribution < 1.29 is 61.9 Å². The van der Waals surface area contributed by atoms with Crippen molar-refractivity contribution in [2.45, 2.75) is 61.7 Å². The zero-order chi connectivity index (χ0) is 28.7. The Morgan fingerprint density at radius 3 is 1.75 bits per heavy atom. The van der Waals surface area contributed by atoms with Crippen LogP contribution in [0.4, 0.5) is 35.1 Å². The molecule has 1 rings (SSSR count). The smallest absolute Gasteiger partial charge is 0.384 e. The number of ketones is 1. The molecule has 0 aliphatic carbocycles. The Labute approximate surface area is 202 Å². The molecule has 2 N–H and O–H groups in total. The van der Waals surface area contributed by atoms with Crippen LogP contribution in [0.25, 0.3) is 0 Å². The Morgan fingerprint density at radius 1 is 0.917 bits per heavy atom. The Bertz CT molecular complexity index is 1010. The lowest BCUT2D eigenvalue weighted by molar-refractivity contribution is -0.236. The Kier molecular flexibility index (Phi) is 9.63. The minimum Gasteiger partial charge on any atom is -0.384 e. The number of nitrogens with one attached hydrogen (secondary N) is 1. The molecule has 1 fully saturated rings. The van der Waals surface area contributed by atoms with Gasteiger partial charge in [0.15, 0.2) is 5.78 Å². The van der Waals surface area contributed by atoms with E-state index < -0.39 is 85.8 Å². The number of carbonyl (C=O) groups is 1. The van der Waals surface area contributed by atoms with Gasteiger partial charge in [-0.2, -0.15) is 26.3 Å². The first-order valence-corrected chi connectivity index (χ1v) is 13.2. The van der Waals surface area contributed by atoms with Crippen molar-refractivity contribution in [2.75, 3.05) is 33.2 Å². The van der Waals surface area contributed by atoms with Gasteiger partial charge in [0.05, 0.1) is 12.5 Å². The predicted molar refractivity (Wildman–Crippen MR) is 110 cm³/mol. The molecule has 19 heteroatoms. The number of carbonyl (C=O) groups excluding carboxylic acids is 1. The largest absolute Gasteiger partial charge is 0.511 e. The summed E-state index contributed by atoms with van der Waals surface area (Å²) in [6.07, 6.45) is -5.53. The molecule has 3 unspecified atom stereocenters. The second-order valence-corrected chi connectivity index (χ2v) is 12.4. The average Bonchev–Trinajstić information content (AvgIpc) is 2.70. The standard InChI is InChI=1S/C17H27F8N3O6S2/c1-10(2)15(20,16(21,22)36(33,34)28-7-5-27(4)6-8-28)14(18,19)9-12(29)13(30)11(3)26-35(31,32)17(23,24)25/h10-11,13,26,30H,5-9H2,1-4H3. The highest BCUT2D eigenvalue weighted by Gasteiger charge is 2.77. The van der Waals surface area contributed by atoms with E-state index >= 15 is 13.2 Å². The van der Waals surface area contributed by atoms with Crippen LogP contribution in [0, 0.1) is 5.92 Å². The molecule has 1 heterocycles. The molecule has 0 saturated carbocycles. The molecule has 0 spiro atoms. The van der Waals surface area contributed by atoms with E-state index in [0.717, 1.165) is 4.72 Å². The molecule has 0 aromatic heterocycles. The minimum atomic E-state index is -6.15. The monoisotopic (exact) mass is 585 g/mol. The van der Waals surface area contributed by atoms with Gasteiger partial charge in [0.2, 0.25) is 0 Å². The Morgan fingerprint density at radius 2 is 1.36 bits per heavy atom. The molecular weight excluding hydrogens is 558 g/mol. The van der Waals surface area contributed by atoms with Crippen LogP contribution < -0.4 is 4.72 Å². The zero-order valence-electron chi connectivity index (χ0n) is 19.5. The van der Waals surface area contributed by atoms with Gasteiger partial charge in [-0.05, 0) is 14.0 Å². The fourth-order valence-electron chi connectivity index (χ4n) is 3.46. The lowest BCUT2D eigenvalue weighted by Crippen LogP contribution is -2.67. The molecule has 214 valence electrons. The number of hydrogen-bond acceptors (Lipinski definition) is 7.